The highest BCUT2D eigenvalue weighted by atomic mass is 16.5. The van der Waals surface area contributed by atoms with Gasteiger partial charge in [-0.05, 0) is 44.4 Å². The zero-order valence-electron chi connectivity index (χ0n) is 14.3. The van der Waals surface area contributed by atoms with Crippen LogP contribution in [-0.4, -0.2) is 56.4 Å². The molecule has 3 aliphatic rings. The van der Waals surface area contributed by atoms with E-state index in [0.29, 0.717) is 25.9 Å². The van der Waals surface area contributed by atoms with E-state index in [9.17, 15) is 4.79 Å². The molecule has 1 amide bonds. The standard InChI is InChI=1S/C18H32N2O3/c19-14-18(7-11-22-12-8-18)17(21)20-9-5-16(6-10-20)23-13-15-3-1-2-4-15/h15-16H,1-14,19H2. The van der Waals surface area contributed by atoms with Gasteiger partial charge in [0, 0.05) is 39.5 Å². The maximum absolute atomic E-state index is 12.9. The van der Waals surface area contributed by atoms with E-state index in [1.807, 2.05) is 4.90 Å². The maximum Gasteiger partial charge on any atom is 0.230 e. The van der Waals surface area contributed by atoms with Crippen LogP contribution in [0.1, 0.15) is 51.4 Å². The molecule has 2 heterocycles. The predicted molar refractivity (Wildman–Crippen MR) is 89.1 cm³/mol. The molecule has 0 spiro atoms. The van der Waals surface area contributed by atoms with Gasteiger partial charge in [0.2, 0.25) is 5.91 Å². The largest absolute Gasteiger partial charge is 0.381 e. The first kappa shape index (κ1) is 17.2. The van der Waals surface area contributed by atoms with Crippen LogP contribution in [0, 0.1) is 11.3 Å². The lowest BCUT2D eigenvalue weighted by Crippen LogP contribution is -2.53. The van der Waals surface area contributed by atoms with Crippen LogP contribution >= 0.6 is 0 Å². The van der Waals surface area contributed by atoms with Crippen LogP contribution < -0.4 is 5.73 Å². The average Bonchev–Trinajstić information content (AvgIpc) is 3.14. The molecule has 0 bridgehead atoms. The summed E-state index contributed by atoms with van der Waals surface area (Å²) in [5, 5.41) is 0. The number of likely N-dealkylation sites (tertiary alicyclic amines) is 1. The van der Waals surface area contributed by atoms with Crippen molar-refractivity contribution in [1.29, 1.82) is 0 Å². The van der Waals surface area contributed by atoms with Crippen molar-refractivity contribution >= 4 is 5.91 Å². The molecule has 0 unspecified atom stereocenters. The highest BCUT2D eigenvalue weighted by Gasteiger charge is 2.42. The molecule has 3 fully saturated rings. The molecule has 3 rings (SSSR count). The first-order chi connectivity index (χ1) is 11.2. The van der Waals surface area contributed by atoms with Crippen LogP contribution in [-0.2, 0) is 14.3 Å². The fraction of sp³-hybridized carbons (Fsp3) is 0.944. The van der Waals surface area contributed by atoms with Crippen molar-refractivity contribution in [1.82, 2.24) is 4.90 Å². The highest BCUT2D eigenvalue weighted by Crippen LogP contribution is 2.33. The number of hydrogen-bond donors (Lipinski definition) is 1. The molecule has 0 aromatic heterocycles. The minimum absolute atomic E-state index is 0.248. The van der Waals surface area contributed by atoms with Crippen molar-refractivity contribution < 1.29 is 14.3 Å². The van der Waals surface area contributed by atoms with Gasteiger partial charge in [0.15, 0.2) is 0 Å². The molecular weight excluding hydrogens is 292 g/mol. The molecule has 5 heteroatoms. The Bertz CT molecular complexity index is 382. The Kier molecular flexibility index (Phi) is 5.94. The third kappa shape index (κ3) is 4.06. The fourth-order valence-electron chi connectivity index (χ4n) is 4.28. The van der Waals surface area contributed by atoms with E-state index in [4.69, 9.17) is 15.2 Å². The molecule has 2 saturated heterocycles. The molecule has 0 aromatic rings. The van der Waals surface area contributed by atoms with Crippen LogP contribution in [0.2, 0.25) is 0 Å². The van der Waals surface area contributed by atoms with Crippen molar-refractivity contribution in [3.8, 4) is 0 Å². The van der Waals surface area contributed by atoms with Gasteiger partial charge < -0.3 is 20.1 Å². The lowest BCUT2D eigenvalue weighted by molar-refractivity contribution is -0.150. The smallest absolute Gasteiger partial charge is 0.230 e. The summed E-state index contributed by atoms with van der Waals surface area (Å²) in [6.45, 7) is 4.30. The maximum atomic E-state index is 12.9. The van der Waals surface area contributed by atoms with Crippen LogP contribution in [0.3, 0.4) is 0 Å². The second-order valence-electron chi connectivity index (χ2n) is 7.57. The summed E-state index contributed by atoms with van der Waals surface area (Å²) in [5.74, 6) is 1.02. The summed E-state index contributed by atoms with van der Waals surface area (Å²) < 4.78 is 11.5. The molecule has 0 atom stereocenters. The lowest BCUT2D eigenvalue weighted by Gasteiger charge is -2.41. The van der Waals surface area contributed by atoms with E-state index in [0.717, 1.165) is 51.3 Å². The molecule has 0 aromatic carbocycles. The molecule has 0 radical (unpaired) electrons. The Balaban J connectivity index is 1.45. The molecular formula is C18H32N2O3. The van der Waals surface area contributed by atoms with Crippen LogP contribution in [0.25, 0.3) is 0 Å². The fourth-order valence-corrected chi connectivity index (χ4v) is 4.28. The van der Waals surface area contributed by atoms with Gasteiger partial charge in [-0.3, -0.25) is 4.79 Å². The first-order valence-corrected chi connectivity index (χ1v) is 9.42. The summed E-state index contributed by atoms with van der Waals surface area (Å²) in [6.07, 6.45) is 9.20. The Morgan fingerprint density at radius 3 is 2.39 bits per heavy atom. The Labute approximate surface area is 139 Å². The van der Waals surface area contributed by atoms with Crippen molar-refractivity contribution in [2.75, 3.05) is 39.5 Å². The van der Waals surface area contributed by atoms with E-state index in [-0.39, 0.29) is 11.3 Å². The van der Waals surface area contributed by atoms with Crippen molar-refractivity contribution in [3.05, 3.63) is 0 Å². The first-order valence-electron chi connectivity index (χ1n) is 9.42. The average molecular weight is 324 g/mol. The van der Waals surface area contributed by atoms with Crippen molar-refractivity contribution in [3.63, 3.8) is 0 Å². The SMILES string of the molecule is NCC1(C(=O)N2CCC(OCC3CCCC3)CC2)CCOCC1. The van der Waals surface area contributed by atoms with E-state index in [1.54, 1.807) is 0 Å². The number of carbonyl (C=O) groups excluding carboxylic acids is 1. The zero-order chi connectivity index (χ0) is 16.1. The monoisotopic (exact) mass is 324 g/mol. The molecule has 1 aliphatic carbocycles. The highest BCUT2D eigenvalue weighted by molar-refractivity contribution is 5.83. The molecule has 23 heavy (non-hydrogen) atoms. The van der Waals surface area contributed by atoms with Crippen LogP contribution in [0.5, 0.6) is 0 Å². The van der Waals surface area contributed by atoms with Crippen molar-refractivity contribution in [2.45, 2.75) is 57.5 Å². The molecule has 2 N–H and O–H groups in total. The quantitative estimate of drug-likeness (QED) is 0.839. The number of carbonyl (C=O) groups is 1. The number of piperidine rings is 1. The normalized spacial score (nSPS) is 26.6. The number of nitrogens with zero attached hydrogens (tertiary/aromatic N) is 1. The number of rotatable bonds is 5. The Morgan fingerprint density at radius 1 is 1.13 bits per heavy atom. The molecule has 132 valence electrons. The lowest BCUT2D eigenvalue weighted by atomic mass is 9.78. The Morgan fingerprint density at radius 2 is 1.78 bits per heavy atom. The van der Waals surface area contributed by atoms with E-state index >= 15 is 0 Å². The third-order valence-electron chi connectivity index (χ3n) is 6.07. The van der Waals surface area contributed by atoms with Gasteiger partial charge in [-0.2, -0.15) is 0 Å². The number of hydrogen-bond acceptors (Lipinski definition) is 4. The molecule has 1 saturated carbocycles. The summed E-state index contributed by atoms with van der Waals surface area (Å²) in [5.41, 5.74) is 5.58. The van der Waals surface area contributed by atoms with E-state index in [1.165, 1.54) is 25.7 Å². The van der Waals surface area contributed by atoms with Gasteiger partial charge in [-0.25, -0.2) is 0 Å². The van der Waals surface area contributed by atoms with Gasteiger partial charge in [-0.15, -0.1) is 0 Å². The molecule has 5 nitrogen and oxygen atoms in total. The van der Waals surface area contributed by atoms with Crippen LogP contribution in [0.15, 0.2) is 0 Å². The topological polar surface area (TPSA) is 64.8 Å². The zero-order valence-corrected chi connectivity index (χ0v) is 14.3. The molecule has 2 aliphatic heterocycles. The third-order valence-corrected chi connectivity index (χ3v) is 6.07. The summed E-state index contributed by atoms with van der Waals surface area (Å²) in [7, 11) is 0. The summed E-state index contributed by atoms with van der Waals surface area (Å²) in [4.78, 5) is 15.0. The second-order valence-corrected chi connectivity index (χ2v) is 7.57. The van der Waals surface area contributed by atoms with Crippen molar-refractivity contribution in [2.24, 2.45) is 17.1 Å². The predicted octanol–water partition coefficient (Wildman–Crippen LogP) is 1.94. The summed E-state index contributed by atoms with van der Waals surface area (Å²) >= 11 is 0. The van der Waals surface area contributed by atoms with Crippen LogP contribution in [0.4, 0.5) is 0 Å². The van der Waals surface area contributed by atoms with E-state index in [2.05, 4.69) is 0 Å². The van der Waals surface area contributed by atoms with Gasteiger partial charge in [-0.1, -0.05) is 12.8 Å². The minimum Gasteiger partial charge on any atom is -0.381 e. The number of nitrogens with two attached hydrogens (primary N) is 1. The minimum atomic E-state index is -0.379. The Hall–Kier alpha value is -0.650. The number of amides is 1. The summed E-state index contributed by atoms with van der Waals surface area (Å²) in [6, 6.07) is 0. The number of ether oxygens (including phenoxy) is 2. The van der Waals surface area contributed by atoms with Gasteiger partial charge in [0.1, 0.15) is 0 Å². The van der Waals surface area contributed by atoms with E-state index < -0.39 is 0 Å². The second kappa shape index (κ2) is 7.95. The van der Waals surface area contributed by atoms with Gasteiger partial charge >= 0.3 is 0 Å². The van der Waals surface area contributed by atoms with Gasteiger partial charge in [0.05, 0.1) is 11.5 Å². The van der Waals surface area contributed by atoms with Gasteiger partial charge in [0.25, 0.3) is 0 Å².